The number of benzene rings is 1. The molecule has 2 rings (SSSR count). The molecule has 0 saturated carbocycles. The molecular weight excluding hydrogens is 317 g/mol. The number of nitrogens with zero attached hydrogens (tertiary/aromatic N) is 2. The largest absolute Gasteiger partial charge is 0.450 e. The number of halogens is 1. The number of thiocarbonyl (C=S) groups is 1. The normalized spacial score (nSPS) is 15.2. The fourth-order valence-electron chi connectivity index (χ4n) is 2.59. The number of likely N-dealkylation sites (tertiary alicyclic amines) is 1. The molecule has 1 aliphatic heterocycles. The Labute approximate surface area is 141 Å². The highest BCUT2D eigenvalue weighted by Crippen LogP contribution is 2.18. The predicted octanol–water partition coefficient (Wildman–Crippen LogP) is 3.08. The summed E-state index contributed by atoms with van der Waals surface area (Å²) in [6.45, 7) is 3.49. The van der Waals surface area contributed by atoms with Crippen molar-refractivity contribution in [2.24, 2.45) is 0 Å². The van der Waals surface area contributed by atoms with Gasteiger partial charge in [-0.15, -0.1) is 0 Å². The molecule has 0 radical (unpaired) electrons. The van der Waals surface area contributed by atoms with Gasteiger partial charge in [-0.2, -0.15) is 0 Å². The van der Waals surface area contributed by atoms with E-state index in [9.17, 15) is 9.18 Å². The molecule has 1 amide bonds. The molecule has 1 aromatic carbocycles. The van der Waals surface area contributed by atoms with Crippen molar-refractivity contribution in [2.45, 2.75) is 25.8 Å². The molecule has 1 N–H and O–H groups in total. The first kappa shape index (κ1) is 17.5. The van der Waals surface area contributed by atoms with Gasteiger partial charge in [-0.05, 0) is 50.2 Å². The highest BCUT2D eigenvalue weighted by atomic mass is 32.1. The maximum absolute atomic E-state index is 13.2. The summed E-state index contributed by atoms with van der Waals surface area (Å²) in [5.74, 6) is -0.303. The Hall–Kier alpha value is -1.89. The topological polar surface area (TPSA) is 44.8 Å². The minimum Gasteiger partial charge on any atom is -0.450 e. The molecule has 0 spiro atoms. The summed E-state index contributed by atoms with van der Waals surface area (Å²) in [6, 6.07) is 6.45. The number of nitrogens with one attached hydrogen (secondary N) is 1. The third kappa shape index (κ3) is 4.79. The number of hydrogen-bond acceptors (Lipinski definition) is 3. The molecule has 1 aromatic rings. The predicted molar refractivity (Wildman–Crippen MR) is 92.0 cm³/mol. The van der Waals surface area contributed by atoms with Crippen LogP contribution in [0.4, 0.5) is 14.9 Å². The summed E-state index contributed by atoms with van der Waals surface area (Å²) in [5, 5.41) is 3.59. The van der Waals surface area contributed by atoms with Gasteiger partial charge in [0.15, 0.2) is 5.11 Å². The van der Waals surface area contributed by atoms with Crippen molar-refractivity contribution < 1.29 is 13.9 Å². The number of anilines is 1. The Morgan fingerprint density at radius 2 is 2.17 bits per heavy atom. The number of carbonyl (C=O) groups excluding carboxylic acids is 1. The molecule has 126 valence electrons. The summed E-state index contributed by atoms with van der Waals surface area (Å²) < 4.78 is 18.2. The fourth-order valence-corrected chi connectivity index (χ4v) is 2.86. The smallest absolute Gasteiger partial charge is 0.409 e. The number of hydrogen-bond donors (Lipinski definition) is 1. The number of amides is 1. The Bertz CT molecular complexity index is 562. The van der Waals surface area contributed by atoms with Crippen LogP contribution in [0, 0.1) is 5.82 Å². The average molecular weight is 339 g/mol. The van der Waals surface area contributed by atoms with Crippen LogP contribution in [0.5, 0.6) is 0 Å². The number of carbonyl (C=O) groups is 1. The lowest BCUT2D eigenvalue weighted by atomic mass is 10.0. The van der Waals surface area contributed by atoms with Crippen molar-refractivity contribution in [3.63, 3.8) is 0 Å². The lowest BCUT2D eigenvalue weighted by Crippen LogP contribution is -2.48. The third-order valence-electron chi connectivity index (χ3n) is 3.93. The van der Waals surface area contributed by atoms with Gasteiger partial charge in [-0.3, -0.25) is 0 Å². The molecule has 1 aliphatic rings. The van der Waals surface area contributed by atoms with Gasteiger partial charge in [0.25, 0.3) is 0 Å². The van der Waals surface area contributed by atoms with Gasteiger partial charge in [-0.25, -0.2) is 9.18 Å². The Morgan fingerprint density at radius 1 is 1.48 bits per heavy atom. The van der Waals surface area contributed by atoms with Crippen molar-refractivity contribution in [1.82, 2.24) is 9.80 Å². The highest BCUT2D eigenvalue weighted by Gasteiger charge is 2.26. The van der Waals surface area contributed by atoms with E-state index in [4.69, 9.17) is 17.0 Å². The highest BCUT2D eigenvalue weighted by molar-refractivity contribution is 7.80. The molecule has 0 aromatic heterocycles. The van der Waals surface area contributed by atoms with E-state index in [1.54, 1.807) is 24.0 Å². The zero-order chi connectivity index (χ0) is 16.8. The van der Waals surface area contributed by atoms with E-state index in [0.717, 1.165) is 12.8 Å². The van der Waals surface area contributed by atoms with Crippen LogP contribution in [-0.2, 0) is 4.74 Å². The first-order valence-electron chi connectivity index (χ1n) is 7.72. The second-order valence-electron chi connectivity index (χ2n) is 5.47. The van der Waals surface area contributed by atoms with Crippen LogP contribution in [0.2, 0.25) is 0 Å². The van der Waals surface area contributed by atoms with E-state index in [2.05, 4.69) is 5.32 Å². The van der Waals surface area contributed by atoms with Crippen LogP contribution in [0.15, 0.2) is 24.3 Å². The van der Waals surface area contributed by atoms with Crippen LogP contribution < -0.4 is 5.32 Å². The average Bonchev–Trinajstić information content (AvgIpc) is 2.54. The molecule has 0 unspecified atom stereocenters. The van der Waals surface area contributed by atoms with Crippen molar-refractivity contribution >= 4 is 29.1 Å². The van der Waals surface area contributed by atoms with Gasteiger partial charge in [0.05, 0.1) is 6.61 Å². The molecule has 0 bridgehead atoms. The maximum Gasteiger partial charge on any atom is 0.409 e. The first-order valence-corrected chi connectivity index (χ1v) is 8.13. The molecule has 0 atom stereocenters. The molecule has 1 fully saturated rings. The monoisotopic (exact) mass is 339 g/mol. The van der Waals surface area contributed by atoms with Crippen LogP contribution in [0.3, 0.4) is 0 Å². The lowest BCUT2D eigenvalue weighted by Gasteiger charge is -2.37. The van der Waals surface area contributed by atoms with E-state index in [0.29, 0.717) is 30.5 Å². The fraction of sp³-hybridized carbons (Fsp3) is 0.500. The van der Waals surface area contributed by atoms with Crippen molar-refractivity contribution in [1.29, 1.82) is 0 Å². The molecule has 23 heavy (non-hydrogen) atoms. The van der Waals surface area contributed by atoms with E-state index < -0.39 is 0 Å². The van der Waals surface area contributed by atoms with E-state index in [-0.39, 0.29) is 18.0 Å². The molecule has 1 heterocycles. The van der Waals surface area contributed by atoms with Gasteiger partial charge in [0.1, 0.15) is 5.82 Å². The minimum absolute atomic E-state index is 0.245. The summed E-state index contributed by atoms with van der Waals surface area (Å²) in [4.78, 5) is 15.4. The Balaban J connectivity index is 1.85. The van der Waals surface area contributed by atoms with Crippen LogP contribution in [0.1, 0.15) is 19.8 Å². The molecule has 7 heteroatoms. The zero-order valence-electron chi connectivity index (χ0n) is 13.4. The third-order valence-corrected chi connectivity index (χ3v) is 4.32. The SMILES string of the molecule is CCOC(=O)N1CCC(N(C)C(=S)Nc2cccc(F)c2)CC1. The second-order valence-corrected chi connectivity index (χ2v) is 5.86. The number of ether oxygens (including phenoxy) is 1. The summed E-state index contributed by atoms with van der Waals surface area (Å²) in [6.07, 6.45) is 1.38. The van der Waals surface area contributed by atoms with Crippen molar-refractivity contribution in [3.8, 4) is 0 Å². The van der Waals surface area contributed by atoms with E-state index in [1.807, 2.05) is 11.9 Å². The van der Waals surface area contributed by atoms with Gasteiger partial charge in [-0.1, -0.05) is 6.07 Å². The van der Waals surface area contributed by atoms with Crippen LogP contribution in [-0.4, -0.2) is 53.8 Å². The number of rotatable bonds is 3. The van der Waals surface area contributed by atoms with Crippen LogP contribution in [0.25, 0.3) is 0 Å². The first-order chi connectivity index (χ1) is 11.0. The van der Waals surface area contributed by atoms with Gasteiger partial charge < -0.3 is 19.9 Å². The van der Waals surface area contributed by atoms with Crippen molar-refractivity contribution in [2.75, 3.05) is 32.1 Å². The summed E-state index contributed by atoms with van der Waals surface area (Å²) >= 11 is 5.39. The summed E-state index contributed by atoms with van der Waals surface area (Å²) in [5.41, 5.74) is 0.630. The second kappa shape index (κ2) is 8.10. The standard InChI is InChI=1S/C16H22FN3O2S/c1-3-22-16(21)20-9-7-14(8-10-20)19(2)15(23)18-13-6-4-5-12(17)11-13/h4-6,11,14H,3,7-10H2,1-2H3,(H,18,23). The van der Waals surface area contributed by atoms with E-state index >= 15 is 0 Å². The Kier molecular flexibility index (Phi) is 6.15. The molecule has 5 nitrogen and oxygen atoms in total. The van der Waals surface area contributed by atoms with Gasteiger partial charge in [0.2, 0.25) is 0 Å². The minimum atomic E-state index is -0.303. The maximum atomic E-state index is 13.2. The molecule has 0 aliphatic carbocycles. The van der Waals surface area contributed by atoms with E-state index in [1.165, 1.54) is 12.1 Å². The lowest BCUT2D eigenvalue weighted by molar-refractivity contribution is 0.0895. The molecule has 1 saturated heterocycles. The zero-order valence-corrected chi connectivity index (χ0v) is 14.2. The number of piperidine rings is 1. The van der Waals surface area contributed by atoms with Crippen molar-refractivity contribution in [3.05, 3.63) is 30.1 Å². The van der Waals surface area contributed by atoms with Gasteiger partial charge >= 0.3 is 6.09 Å². The van der Waals surface area contributed by atoms with Crippen LogP contribution >= 0.6 is 12.2 Å². The quantitative estimate of drug-likeness (QED) is 0.858. The Morgan fingerprint density at radius 3 is 2.78 bits per heavy atom. The van der Waals surface area contributed by atoms with Gasteiger partial charge in [0, 0.05) is 31.9 Å². The molecular formula is C16H22FN3O2S. The summed E-state index contributed by atoms with van der Waals surface area (Å²) in [7, 11) is 1.92.